The number of hydrogen-bond acceptors (Lipinski definition) is 2. The largest absolute Gasteiger partial charge is 0.452 e. The average molecular weight is 619 g/mol. The normalized spacial score (nSPS) is 12.4. The van der Waals surface area contributed by atoms with Gasteiger partial charge in [0.1, 0.15) is 0 Å². The number of hydrogen-bond donors (Lipinski definition) is 0. The summed E-state index contributed by atoms with van der Waals surface area (Å²) in [7, 11) is 0. The topological polar surface area (TPSA) is 23.0 Å². The number of thiophene rings is 1. The third kappa shape index (κ3) is 3.25. The molecule has 0 radical (unpaired) electrons. The first kappa shape index (κ1) is 25.4. The van der Waals surface area contributed by atoms with Crippen molar-refractivity contribution in [2.45, 2.75) is 6.92 Å². The highest BCUT2D eigenvalue weighted by atomic mass is 32.1. The predicted molar refractivity (Wildman–Crippen MR) is 200 cm³/mol. The van der Waals surface area contributed by atoms with Gasteiger partial charge in [0.25, 0.3) is 0 Å². The Balaban J connectivity index is 1.29. The van der Waals surface area contributed by atoms with Gasteiger partial charge in [-0.3, -0.25) is 0 Å². The molecule has 47 heavy (non-hydrogen) atoms. The van der Waals surface area contributed by atoms with E-state index in [1.165, 1.54) is 69.3 Å². The van der Waals surface area contributed by atoms with Crippen molar-refractivity contribution in [2.24, 2.45) is 0 Å². The number of furan rings is 1. The standard InChI is InChI=1S/C43H26N2OS/c1-25-21-22-32-31-15-10-19-37(41(31)46-42(32)39(25)44-34-16-6-2-11-26(34)27-12-3-7-17-35(27)44)45-36-18-8-4-13-28(36)30-23-24-33-29-14-5-9-20-38(29)47-43(33)40(30)45/h2-24H,1H3. The number of benzene rings is 7. The summed E-state index contributed by atoms with van der Waals surface area (Å²) in [6, 6.07) is 50.6. The lowest BCUT2D eigenvalue weighted by molar-refractivity contribution is 0.663. The first-order valence-corrected chi connectivity index (χ1v) is 16.8. The molecule has 0 saturated heterocycles. The van der Waals surface area contributed by atoms with E-state index in [1.54, 1.807) is 0 Å². The number of nitrogens with zero attached hydrogens (tertiary/aromatic N) is 2. The zero-order valence-corrected chi connectivity index (χ0v) is 26.3. The maximum absolute atomic E-state index is 7.17. The molecule has 0 aliphatic heterocycles. The molecule has 0 aliphatic carbocycles. The molecule has 0 atom stereocenters. The predicted octanol–water partition coefficient (Wildman–Crippen LogP) is 12.5. The molecular formula is C43H26N2OS. The number of aromatic nitrogens is 2. The van der Waals surface area contributed by atoms with E-state index in [-0.39, 0.29) is 0 Å². The van der Waals surface area contributed by atoms with Crippen LogP contribution in [0, 0.1) is 6.92 Å². The summed E-state index contributed by atoms with van der Waals surface area (Å²) in [6.07, 6.45) is 0. The lowest BCUT2D eigenvalue weighted by Crippen LogP contribution is -1.97. The Kier molecular flexibility index (Phi) is 4.92. The summed E-state index contributed by atoms with van der Waals surface area (Å²) in [6.45, 7) is 2.19. The van der Waals surface area contributed by atoms with Crippen LogP contribution in [-0.4, -0.2) is 9.13 Å². The highest BCUT2D eigenvalue weighted by Gasteiger charge is 2.23. The van der Waals surface area contributed by atoms with Gasteiger partial charge in [0.2, 0.25) is 0 Å². The molecule has 3 nitrogen and oxygen atoms in total. The molecule has 4 heterocycles. The van der Waals surface area contributed by atoms with E-state index >= 15 is 0 Å². The van der Waals surface area contributed by atoms with Crippen LogP contribution >= 0.6 is 11.3 Å². The molecule has 0 bridgehead atoms. The van der Waals surface area contributed by atoms with E-state index in [1.807, 2.05) is 11.3 Å². The van der Waals surface area contributed by atoms with Crippen molar-refractivity contribution in [2.75, 3.05) is 0 Å². The third-order valence-corrected chi connectivity index (χ3v) is 11.2. The van der Waals surface area contributed by atoms with Crippen LogP contribution in [0.1, 0.15) is 5.56 Å². The number of para-hydroxylation sites is 4. The van der Waals surface area contributed by atoms with E-state index in [4.69, 9.17) is 4.42 Å². The molecule has 0 saturated carbocycles. The van der Waals surface area contributed by atoms with E-state index < -0.39 is 0 Å². The van der Waals surface area contributed by atoms with Gasteiger partial charge in [-0.05, 0) is 42.8 Å². The monoisotopic (exact) mass is 618 g/mol. The Labute approximate surface area is 273 Å². The minimum atomic E-state index is 0.899. The molecule has 0 N–H and O–H groups in total. The van der Waals surface area contributed by atoms with Gasteiger partial charge in [-0.2, -0.15) is 0 Å². The van der Waals surface area contributed by atoms with E-state index in [0.717, 1.165) is 33.3 Å². The van der Waals surface area contributed by atoms with Crippen LogP contribution in [0.4, 0.5) is 0 Å². The molecule has 0 aliphatic rings. The lowest BCUT2D eigenvalue weighted by atomic mass is 10.1. The molecule has 0 spiro atoms. The Morgan fingerprint density at radius 3 is 1.74 bits per heavy atom. The molecule has 0 amide bonds. The highest BCUT2D eigenvalue weighted by Crippen LogP contribution is 2.45. The number of aryl methyl sites for hydroxylation is 1. The van der Waals surface area contributed by atoms with Gasteiger partial charge in [0.05, 0.1) is 38.1 Å². The van der Waals surface area contributed by atoms with Crippen LogP contribution in [0.25, 0.3) is 97.1 Å². The SMILES string of the molecule is Cc1ccc2c(oc3c(-n4c5ccccc5c5ccc6c7ccccc7sc6c54)cccc32)c1-n1c2ccccc2c2ccccc21. The van der Waals surface area contributed by atoms with Crippen LogP contribution < -0.4 is 0 Å². The zero-order valence-electron chi connectivity index (χ0n) is 25.5. The van der Waals surface area contributed by atoms with Gasteiger partial charge in [-0.15, -0.1) is 11.3 Å². The minimum absolute atomic E-state index is 0.899. The highest BCUT2D eigenvalue weighted by molar-refractivity contribution is 7.26. The zero-order chi connectivity index (χ0) is 30.8. The fourth-order valence-corrected chi connectivity index (χ4v) is 9.27. The molecule has 4 heteroatoms. The van der Waals surface area contributed by atoms with Gasteiger partial charge in [-0.25, -0.2) is 0 Å². The van der Waals surface area contributed by atoms with Gasteiger partial charge in [0, 0.05) is 47.8 Å². The van der Waals surface area contributed by atoms with Gasteiger partial charge >= 0.3 is 0 Å². The van der Waals surface area contributed by atoms with Gasteiger partial charge < -0.3 is 13.6 Å². The van der Waals surface area contributed by atoms with Crippen LogP contribution in [0.3, 0.4) is 0 Å². The maximum Gasteiger partial charge on any atom is 0.159 e. The van der Waals surface area contributed by atoms with Crippen molar-refractivity contribution in [3.05, 3.63) is 145 Å². The van der Waals surface area contributed by atoms with Crippen molar-refractivity contribution in [1.29, 1.82) is 0 Å². The Bertz CT molecular complexity index is 3040. The average Bonchev–Trinajstić information content (AvgIpc) is 3.86. The molecule has 0 fully saturated rings. The van der Waals surface area contributed by atoms with Crippen LogP contribution in [0.15, 0.2) is 144 Å². The third-order valence-electron chi connectivity index (χ3n) is 10.0. The number of rotatable bonds is 2. The van der Waals surface area contributed by atoms with Crippen LogP contribution in [-0.2, 0) is 0 Å². The molecular weight excluding hydrogens is 593 g/mol. The van der Waals surface area contributed by atoms with E-state index in [0.29, 0.717) is 0 Å². The van der Waals surface area contributed by atoms with Crippen LogP contribution in [0.5, 0.6) is 0 Å². The molecule has 7 aromatic carbocycles. The van der Waals surface area contributed by atoms with Crippen molar-refractivity contribution in [3.63, 3.8) is 0 Å². The van der Waals surface area contributed by atoms with Gasteiger partial charge in [0.15, 0.2) is 11.2 Å². The second-order valence-electron chi connectivity index (χ2n) is 12.5. The van der Waals surface area contributed by atoms with Crippen molar-refractivity contribution < 1.29 is 4.42 Å². The summed E-state index contributed by atoms with van der Waals surface area (Å²) in [5.41, 5.74) is 9.91. The Morgan fingerprint density at radius 1 is 0.447 bits per heavy atom. The van der Waals surface area contributed by atoms with Crippen LogP contribution in [0.2, 0.25) is 0 Å². The Hall–Kier alpha value is -5.84. The molecule has 11 rings (SSSR count). The fourth-order valence-electron chi connectivity index (χ4n) is 8.03. The first-order chi connectivity index (χ1) is 23.3. The quantitative estimate of drug-likeness (QED) is 0.189. The summed E-state index contributed by atoms with van der Waals surface area (Å²) in [4.78, 5) is 0. The number of fused-ring (bicyclic) bond motifs is 13. The first-order valence-electron chi connectivity index (χ1n) is 16.0. The molecule has 4 aromatic heterocycles. The Morgan fingerprint density at radius 2 is 1.00 bits per heavy atom. The second-order valence-corrected chi connectivity index (χ2v) is 13.6. The summed E-state index contributed by atoms with van der Waals surface area (Å²) in [5, 5.41) is 9.84. The summed E-state index contributed by atoms with van der Waals surface area (Å²) in [5.74, 6) is 0. The smallest absolute Gasteiger partial charge is 0.159 e. The van der Waals surface area contributed by atoms with Crippen molar-refractivity contribution >= 4 is 97.1 Å². The lowest BCUT2D eigenvalue weighted by Gasteiger charge is -2.12. The minimum Gasteiger partial charge on any atom is -0.452 e. The maximum atomic E-state index is 7.17. The second kappa shape index (κ2) is 9.12. The fraction of sp³-hybridized carbons (Fsp3) is 0.0233. The van der Waals surface area contributed by atoms with Crippen molar-refractivity contribution in [3.8, 4) is 11.4 Å². The molecule has 11 aromatic rings. The molecule has 220 valence electrons. The summed E-state index contributed by atoms with van der Waals surface area (Å²) < 4.78 is 14.6. The van der Waals surface area contributed by atoms with Crippen molar-refractivity contribution in [1.82, 2.24) is 9.13 Å². The van der Waals surface area contributed by atoms with E-state index in [9.17, 15) is 0 Å². The molecule has 0 unspecified atom stereocenters. The van der Waals surface area contributed by atoms with Gasteiger partial charge in [-0.1, -0.05) is 109 Å². The van der Waals surface area contributed by atoms with E-state index in [2.05, 4.69) is 156 Å². The summed E-state index contributed by atoms with van der Waals surface area (Å²) >= 11 is 1.88.